The average Bonchev–Trinajstić information content (AvgIpc) is 3.46. The van der Waals surface area contributed by atoms with E-state index in [1.807, 2.05) is 109 Å². The van der Waals surface area contributed by atoms with Gasteiger partial charge < -0.3 is 39.4 Å². The number of rotatable bonds is 12. The van der Waals surface area contributed by atoms with Crippen molar-refractivity contribution in [2.75, 3.05) is 26.4 Å². The van der Waals surface area contributed by atoms with E-state index < -0.39 is 0 Å². The number of nitrogens with zero attached hydrogens (tertiary/aromatic N) is 2. The van der Waals surface area contributed by atoms with Gasteiger partial charge in [0.05, 0.1) is 37.8 Å². The second-order valence-corrected chi connectivity index (χ2v) is 21.5. The molecule has 0 fully saturated rings. The molecule has 4 N–H and O–H groups in total. The third-order valence-electron chi connectivity index (χ3n) is 15.4. The number of hydrogen-bond donors (Lipinski definition) is 4. The predicted molar refractivity (Wildman–Crippen MR) is 318 cm³/mol. The molecule has 0 amide bonds. The van der Waals surface area contributed by atoms with Gasteiger partial charge in [-0.3, -0.25) is 9.98 Å². The quantitative estimate of drug-likeness (QED) is 0.0947. The van der Waals surface area contributed by atoms with E-state index in [-0.39, 0.29) is 23.0 Å². The fraction of sp³-hybridized carbons (Fsp3) is 0.286. The maximum Gasteiger partial charge on any atom is 0.126 e. The van der Waals surface area contributed by atoms with Gasteiger partial charge in [-0.1, -0.05) is 100 Å². The van der Waals surface area contributed by atoms with E-state index in [0.29, 0.717) is 145 Å². The maximum atomic E-state index is 12.5. The second-order valence-electron chi connectivity index (χ2n) is 21.5. The lowest BCUT2D eigenvalue weighted by Gasteiger charge is -2.21. The number of para-hydroxylation sites is 4. The van der Waals surface area contributed by atoms with Crippen LogP contribution in [0.15, 0.2) is 131 Å². The first-order valence-electron chi connectivity index (χ1n) is 28.5. The molecule has 8 aromatic rings. The summed E-state index contributed by atoms with van der Waals surface area (Å²) in [6.07, 6.45) is 9.61. The summed E-state index contributed by atoms with van der Waals surface area (Å²) < 4.78 is 26.7. The van der Waals surface area contributed by atoms with E-state index in [1.165, 1.54) is 0 Å². The number of aromatic hydroxyl groups is 4. The maximum absolute atomic E-state index is 12.5. The lowest BCUT2D eigenvalue weighted by molar-refractivity contribution is 0.311. The Morgan fingerprint density at radius 3 is 0.700 bits per heavy atom. The van der Waals surface area contributed by atoms with Crippen LogP contribution in [0, 0.1) is 0 Å². The smallest absolute Gasteiger partial charge is 0.126 e. The average molecular weight is 1070 g/mol. The highest BCUT2D eigenvalue weighted by atomic mass is 16.5. The summed E-state index contributed by atoms with van der Waals surface area (Å²) in [4.78, 5) is 10.5. The van der Waals surface area contributed by atoms with E-state index in [1.54, 1.807) is 0 Å². The summed E-state index contributed by atoms with van der Waals surface area (Å²) in [5.41, 5.74) is 15.6. The summed E-state index contributed by atoms with van der Waals surface area (Å²) >= 11 is 0. The highest BCUT2D eigenvalue weighted by Gasteiger charge is 2.25. The third-order valence-corrected chi connectivity index (χ3v) is 15.4. The van der Waals surface area contributed by atoms with Crippen molar-refractivity contribution in [1.82, 2.24) is 0 Å². The van der Waals surface area contributed by atoms with Crippen molar-refractivity contribution in [3.63, 3.8) is 0 Å². The first-order chi connectivity index (χ1) is 39.1. The number of hydrogen-bond acceptors (Lipinski definition) is 10. The van der Waals surface area contributed by atoms with Crippen LogP contribution in [0.4, 0.5) is 11.4 Å². The molecule has 0 unspecified atom stereocenters. The van der Waals surface area contributed by atoms with E-state index in [0.717, 1.165) is 92.8 Å². The van der Waals surface area contributed by atoms with Gasteiger partial charge in [-0.25, -0.2) is 0 Å². The number of phenolic OH excluding ortho intramolecular Hbond substituents is 4. The van der Waals surface area contributed by atoms with Gasteiger partial charge in [-0.05, 0) is 152 Å². The molecule has 0 aromatic heterocycles. The van der Waals surface area contributed by atoms with Crippen LogP contribution in [0.1, 0.15) is 154 Å². The highest BCUT2D eigenvalue weighted by Crippen LogP contribution is 2.43. The topological polar surface area (TPSA) is 143 Å². The Morgan fingerprint density at radius 1 is 0.300 bits per heavy atom. The molecule has 0 saturated carbocycles. The first kappa shape index (κ1) is 53.5. The van der Waals surface area contributed by atoms with Crippen LogP contribution in [0.25, 0.3) is 0 Å². The van der Waals surface area contributed by atoms with Gasteiger partial charge in [-0.2, -0.15) is 0 Å². The molecule has 2 heterocycles. The second kappa shape index (κ2) is 23.8. The van der Waals surface area contributed by atoms with Gasteiger partial charge in [0.25, 0.3) is 0 Å². The Balaban J connectivity index is 1.23. The minimum absolute atomic E-state index is 0.176. The predicted octanol–water partition coefficient (Wildman–Crippen LogP) is 14.8. The normalized spacial score (nSPS) is 13.3. The SMILES string of the molecule is CCCOc1c2cccc1Cc1cc3cc(c1O)Cc1cccc(c1OCCC)Cc1cc(cc(c1O)C2)C=Nc1cc2c(O)c(c1)Cc1cccc(c1OCCC)Cc1cc(cc(c1O)Cc1cccc(c1OCCC)C2)N=C3. The van der Waals surface area contributed by atoms with E-state index >= 15 is 0 Å². The molecule has 408 valence electrons. The molecule has 0 saturated heterocycles. The molecule has 20 bridgehead atoms. The Morgan fingerprint density at radius 2 is 0.500 bits per heavy atom. The van der Waals surface area contributed by atoms with Gasteiger partial charge in [0.1, 0.15) is 46.0 Å². The van der Waals surface area contributed by atoms with Crippen LogP contribution in [0.5, 0.6) is 46.0 Å². The lowest BCUT2D eigenvalue weighted by atomic mass is 9.90. The standard InChI is InChI=1S/C70H70N2O8/c1-5-21-77-67-45-13-9-14-46(67)30-54-26-44-28-56(64(54)74)32-48-16-10-15-47(68(48)78-22-6-2)31-55-27-43(25-53(29-45)63(55)73)41-71-61-37-57-33-49-17-11-18-50(69(49)79-23-7-3)34-58-38-62(72-42-44)40-60(66(58)76)36-52-20-12-19-51(70(52)80-24-8-4)35-59(39-61)65(57)75/h9-20,25-28,37-42,73-76H,5-8,21-24,29-36H2,1-4H3. The summed E-state index contributed by atoms with van der Waals surface area (Å²) in [5.74, 6) is 3.60. The van der Waals surface area contributed by atoms with Gasteiger partial charge >= 0.3 is 0 Å². The largest absolute Gasteiger partial charge is 0.507 e. The zero-order chi connectivity index (χ0) is 55.3. The van der Waals surface area contributed by atoms with Crippen LogP contribution in [0.3, 0.4) is 0 Å². The van der Waals surface area contributed by atoms with E-state index in [4.69, 9.17) is 28.9 Å². The molecule has 10 heteroatoms. The molecule has 0 radical (unpaired) electrons. The van der Waals surface area contributed by atoms with Crippen molar-refractivity contribution in [3.05, 3.63) is 221 Å². The number of aliphatic imine (C=N–C) groups is 2. The fourth-order valence-electron chi connectivity index (χ4n) is 11.6. The highest BCUT2D eigenvalue weighted by molar-refractivity contribution is 5.85. The molecule has 8 aromatic carbocycles. The van der Waals surface area contributed by atoms with Gasteiger partial charge in [0.2, 0.25) is 0 Å². The molecule has 0 atom stereocenters. The zero-order valence-electron chi connectivity index (χ0n) is 46.3. The van der Waals surface area contributed by atoms with Crippen molar-refractivity contribution in [2.24, 2.45) is 9.98 Å². The fourth-order valence-corrected chi connectivity index (χ4v) is 11.6. The molecular weight excluding hydrogens is 997 g/mol. The summed E-state index contributed by atoms with van der Waals surface area (Å²) in [6.45, 7) is 10.3. The van der Waals surface area contributed by atoms with Crippen molar-refractivity contribution in [2.45, 2.75) is 105 Å². The van der Waals surface area contributed by atoms with Crippen LogP contribution in [-0.4, -0.2) is 59.3 Å². The lowest BCUT2D eigenvalue weighted by Crippen LogP contribution is -2.08. The molecule has 2 aliphatic heterocycles. The van der Waals surface area contributed by atoms with Crippen LogP contribution in [0.2, 0.25) is 0 Å². The third kappa shape index (κ3) is 11.4. The summed E-state index contributed by atoms with van der Waals surface area (Å²) in [6, 6.07) is 40.3. The Hall–Kier alpha value is -8.50. The van der Waals surface area contributed by atoms with E-state index in [2.05, 4.69) is 52.0 Å². The van der Waals surface area contributed by atoms with Crippen molar-refractivity contribution < 1.29 is 39.4 Å². The molecular formula is C70H70N2O8. The minimum Gasteiger partial charge on any atom is -0.507 e. The molecule has 4 aliphatic rings. The number of ether oxygens (including phenoxy) is 4. The Kier molecular flexibility index (Phi) is 15.9. The van der Waals surface area contributed by atoms with Crippen molar-refractivity contribution in [3.8, 4) is 46.0 Å². The molecule has 10 nitrogen and oxygen atoms in total. The monoisotopic (exact) mass is 1070 g/mol. The molecule has 2 aliphatic carbocycles. The first-order valence-corrected chi connectivity index (χ1v) is 28.5. The number of benzene rings is 8. The van der Waals surface area contributed by atoms with Gasteiger partial charge in [0, 0.05) is 86.0 Å². The van der Waals surface area contributed by atoms with Crippen LogP contribution < -0.4 is 18.9 Å². The Bertz CT molecular complexity index is 3030. The van der Waals surface area contributed by atoms with Crippen molar-refractivity contribution in [1.29, 1.82) is 0 Å². The summed E-state index contributed by atoms with van der Waals surface area (Å²) in [7, 11) is 0. The summed E-state index contributed by atoms with van der Waals surface area (Å²) in [5, 5.41) is 50.1. The zero-order valence-corrected chi connectivity index (χ0v) is 46.3. The van der Waals surface area contributed by atoms with Crippen LogP contribution >= 0.6 is 0 Å². The van der Waals surface area contributed by atoms with E-state index in [9.17, 15) is 20.4 Å². The van der Waals surface area contributed by atoms with Crippen LogP contribution in [-0.2, 0) is 51.4 Å². The van der Waals surface area contributed by atoms with Crippen molar-refractivity contribution >= 4 is 23.8 Å². The molecule has 0 spiro atoms. The number of phenols is 4. The molecule has 12 rings (SSSR count). The van der Waals surface area contributed by atoms with Gasteiger partial charge in [-0.15, -0.1) is 0 Å². The minimum atomic E-state index is 0.176. The Labute approximate surface area is 469 Å². The van der Waals surface area contributed by atoms with Gasteiger partial charge in [0.15, 0.2) is 0 Å². The molecule has 80 heavy (non-hydrogen) atoms.